The predicted molar refractivity (Wildman–Crippen MR) is 356 cm³/mol. The van der Waals surface area contributed by atoms with Crippen molar-refractivity contribution in [1.29, 1.82) is 0 Å². The summed E-state index contributed by atoms with van der Waals surface area (Å²) in [5.74, 6) is -1.21. The number of unbranched alkanes of at least 4 members (excludes halogenated alkanes) is 34. The van der Waals surface area contributed by atoms with Crippen LogP contribution in [-0.2, 0) is 23.8 Å². The molecule has 85 heavy (non-hydrogen) atoms. The molecule has 8 atom stereocenters. The summed E-state index contributed by atoms with van der Waals surface area (Å²) in [7, 11) is 0. The molecule has 1 fully saturated rings. The van der Waals surface area contributed by atoms with Crippen LogP contribution in [-0.4, -0.2) is 99.6 Å². The van der Waals surface area contributed by atoms with Crippen LogP contribution >= 0.6 is 0 Å². The summed E-state index contributed by atoms with van der Waals surface area (Å²) in [4.78, 5) is 26.7. The number of nitrogens with one attached hydrogen (secondary N) is 1. The molecule has 1 heterocycles. The summed E-state index contributed by atoms with van der Waals surface area (Å²) in [6, 6.07) is -1.04. The van der Waals surface area contributed by atoms with E-state index in [1.807, 2.05) is 6.08 Å². The highest BCUT2D eigenvalue weighted by molar-refractivity contribution is 5.80. The molecular weight excluding hydrogens is 1060 g/mol. The third kappa shape index (κ3) is 48.4. The van der Waals surface area contributed by atoms with E-state index in [0.717, 1.165) is 96.3 Å². The smallest absolute Gasteiger partial charge is 0.306 e. The van der Waals surface area contributed by atoms with Gasteiger partial charge in [0, 0.05) is 6.42 Å². The Morgan fingerprint density at radius 3 is 1.28 bits per heavy atom. The van der Waals surface area contributed by atoms with Gasteiger partial charge in [-0.3, -0.25) is 9.59 Å². The van der Waals surface area contributed by atoms with E-state index in [9.17, 15) is 35.1 Å². The number of esters is 1. The normalized spacial score (nSPS) is 18.9. The van der Waals surface area contributed by atoms with Gasteiger partial charge in [-0.05, 0) is 96.3 Å². The molecule has 8 unspecified atom stereocenters. The van der Waals surface area contributed by atoms with E-state index in [1.54, 1.807) is 6.08 Å². The van der Waals surface area contributed by atoms with Crippen molar-refractivity contribution < 1.29 is 49.3 Å². The molecule has 0 spiro atoms. The van der Waals surface area contributed by atoms with E-state index in [1.165, 1.54) is 167 Å². The zero-order valence-corrected chi connectivity index (χ0v) is 54.7. The van der Waals surface area contributed by atoms with Gasteiger partial charge in [-0.2, -0.15) is 0 Å². The Morgan fingerprint density at radius 2 is 0.847 bits per heavy atom. The number of hydrogen-bond acceptors (Lipinski definition) is 10. The molecule has 0 aromatic rings. The molecule has 0 bridgehead atoms. The summed E-state index contributed by atoms with van der Waals surface area (Å²) in [5.41, 5.74) is 0. The molecule has 1 saturated heterocycles. The third-order valence-electron chi connectivity index (χ3n) is 16.3. The van der Waals surface area contributed by atoms with Crippen LogP contribution in [0.5, 0.6) is 0 Å². The van der Waals surface area contributed by atoms with Gasteiger partial charge in [0.05, 0.1) is 25.4 Å². The lowest BCUT2D eigenvalue weighted by Crippen LogP contribution is -2.61. The van der Waals surface area contributed by atoms with Crippen LogP contribution in [0.15, 0.2) is 85.1 Å². The van der Waals surface area contributed by atoms with Gasteiger partial charge in [-0.1, -0.05) is 292 Å². The first kappa shape index (κ1) is 79.9. The summed E-state index contributed by atoms with van der Waals surface area (Å²) in [6.45, 7) is 5.68. The van der Waals surface area contributed by atoms with Gasteiger partial charge in [0.15, 0.2) is 12.4 Å². The number of ether oxygens (including phenoxy) is 3. The second-order valence-corrected chi connectivity index (χ2v) is 24.2. The average Bonchev–Trinajstić information content (AvgIpc) is 3.60. The quantitative estimate of drug-likeness (QED) is 0.0195. The molecule has 1 aliphatic heterocycles. The lowest BCUT2D eigenvalue weighted by molar-refractivity contribution is -0.305. The predicted octanol–water partition coefficient (Wildman–Crippen LogP) is 18.1. The lowest BCUT2D eigenvalue weighted by atomic mass is 9.99. The van der Waals surface area contributed by atoms with Gasteiger partial charge in [0.2, 0.25) is 5.91 Å². The SMILES string of the molecule is CC/C=C\C/C=C\C/C=C\C/C=C\C/C=C\CCCCCCC(O)C(=O)NC(COC1OC(CO)C(O)C(O)C1OC(=O)CCCCCCCCCCCCCCCCC/C=C/CCCCCCCC)C(O)/C=C/CCCCCCCCCCC. The fourth-order valence-electron chi connectivity index (χ4n) is 10.7. The van der Waals surface area contributed by atoms with Crippen molar-refractivity contribution in [3.05, 3.63) is 85.1 Å². The second-order valence-electron chi connectivity index (χ2n) is 24.2. The molecule has 11 heteroatoms. The highest BCUT2D eigenvalue weighted by atomic mass is 16.7. The number of carbonyl (C=O) groups is 2. The van der Waals surface area contributed by atoms with E-state index in [2.05, 4.69) is 99.0 Å². The molecule has 1 amide bonds. The number of rotatable bonds is 60. The van der Waals surface area contributed by atoms with Crippen molar-refractivity contribution in [3.63, 3.8) is 0 Å². The minimum Gasteiger partial charge on any atom is -0.454 e. The molecule has 6 N–H and O–H groups in total. The van der Waals surface area contributed by atoms with Gasteiger partial charge in [0.25, 0.3) is 0 Å². The lowest BCUT2D eigenvalue weighted by Gasteiger charge is -2.41. The zero-order chi connectivity index (χ0) is 61.7. The first-order chi connectivity index (χ1) is 41.7. The third-order valence-corrected chi connectivity index (χ3v) is 16.3. The second kappa shape index (κ2) is 61.1. The fraction of sp³-hybridized carbons (Fsp3) is 0.784. The van der Waals surface area contributed by atoms with E-state index in [0.29, 0.717) is 12.8 Å². The molecule has 1 aliphatic rings. The van der Waals surface area contributed by atoms with Gasteiger partial charge in [-0.25, -0.2) is 0 Å². The first-order valence-corrected chi connectivity index (χ1v) is 35.4. The van der Waals surface area contributed by atoms with Crippen LogP contribution in [0.1, 0.15) is 310 Å². The molecule has 11 nitrogen and oxygen atoms in total. The number of aliphatic hydroxyl groups excluding tert-OH is 5. The van der Waals surface area contributed by atoms with Gasteiger partial charge in [-0.15, -0.1) is 0 Å². The Balaban J connectivity index is 2.56. The average molecular weight is 1190 g/mol. The Morgan fingerprint density at radius 1 is 0.471 bits per heavy atom. The van der Waals surface area contributed by atoms with Crippen LogP contribution in [0, 0.1) is 0 Å². The van der Waals surface area contributed by atoms with Crippen molar-refractivity contribution in [2.75, 3.05) is 13.2 Å². The Labute approximate surface area is 521 Å². The van der Waals surface area contributed by atoms with Crippen LogP contribution in [0.3, 0.4) is 0 Å². The molecule has 0 aliphatic carbocycles. The minimum atomic E-state index is -1.62. The van der Waals surface area contributed by atoms with Crippen molar-refractivity contribution in [2.45, 2.75) is 359 Å². The van der Waals surface area contributed by atoms with Crippen LogP contribution < -0.4 is 5.32 Å². The topological polar surface area (TPSA) is 175 Å². The maximum Gasteiger partial charge on any atom is 0.306 e. The van der Waals surface area contributed by atoms with Crippen molar-refractivity contribution in [2.24, 2.45) is 0 Å². The monoisotopic (exact) mass is 1190 g/mol. The highest BCUT2D eigenvalue weighted by Crippen LogP contribution is 2.26. The summed E-state index contributed by atoms with van der Waals surface area (Å²) >= 11 is 0. The first-order valence-electron chi connectivity index (χ1n) is 35.4. The van der Waals surface area contributed by atoms with Crippen LogP contribution in [0.2, 0.25) is 0 Å². The number of allylic oxidation sites excluding steroid dienone is 13. The molecule has 492 valence electrons. The molecule has 0 saturated carbocycles. The van der Waals surface area contributed by atoms with E-state index >= 15 is 0 Å². The molecule has 0 aromatic heterocycles. The summed E-state index contributed by atoms with van der Waals surface area (Å²) in [5, 5.41) is 57.2. The maximum atomic E-state index is 13.5. The standard InChI is InChI=1S/C74H131NO10/c1-4-7-10-13-16-19-22-24-26-28-30-32-33-34-35-36-38-40-42-44-47-50-53-56-59-62-69(79)85-72-71(81)70(80)68(63-76)84-74(72)83-64-65(66(77)60-57-54-51-48-45-21-18-15-12-9-6-3)75-73(82)67(78)61-58-55-52-49-46-43-41-39-37-31-29-27-25-23-20-17-14-11-8-5-2/h8,11,17,20,24-27,31,37,41,43,57,60,65-68,70-72,74,76-78,80-81H,4-7,9-10,12-16,18-19,21-23,28-30,32-36,38-40,42,44-56,58-59,61-64H2,1-3H3,(H,75,82)/b11-8-,20-17-,26-24+,27-25-,37-31-,43-41-,60-57+. The Hall–Kier alpha value is -3.16. The van der Waals surface area contributed by atoms with E-state index in [-0.39, 0.29) is 19.4 Å². The molecule has 1 rings (SSSR count). The molecule has 0 aromatic carbocycles. The fourth-order valence-corrected chi connectivity index (χ4v) is 10.7. The van der Waals surface area contributed by atoms with Crippen molar-refractivity contribution in [3.8, 4) is 0 Å². The van der Waals surface area contributed by atoms with Crippen molar-refractivity contribution in [1.82, 2.24) is 5.32 Å². The van der Waals surface area contributed by atoms with Gasteiger partial charge in [0.1, 0.15) is 24.4 Å². The minimum absolute atomic E-state index is 0.120. The van der Waals surface area contributed by atoms with Gasteiger partial charge < -0.3 is 45.1 Å². The van der Waals surface area contributed by atoms with Crippen LogP contribution in [0.4, 0.5) is 0 Å². The van der Waals surface area contributed by atoms with E-state index in [4.69, 9.17) is 14.2 Å². The molecular formula is C74H131NO10. The summed E-state index contributed by atoms with van der Waals surface area (Å²) < 4.78 is 17.7. The van der Waals surface area contributed by atoms with Crippen molar-refractivity contribution >= 4 is 11.9 Å². The van der Waals surface area contributed by atoms with E-state index < -0.39 is 67.4 Å². The zero-order valence-electron chi connectivity index (χ0n) is 54.7. The Bertz CT molecular complexity index is 1710. The molecule has 0 radical (unpaired) electrons. The van der Waals surface area contributed by atoms with Gasteiger partial charge >= 0.3 is 5.97 Å². The summed E-state index contributed by atoms with van der Waals surface area (Å²) in [6.07, 6.45) is 70.6. The largest absolute Gasteiger partial charge is 0.454 e. The van der Waals surface area contributed by atoms with Crippen LogP contribution in [0.25, 0.3) is 0 Å². The Kier molecular flexibility index (Phi) is 57.4. The maximum absolute atomic E-state index is 13.5. The number of hydrogen-bond donors (Lipinski definition) is 6. The number of aliphatic hydroxyl groups is 5. The number of carbonyl (C=O) groups excluding carboxylic acids is 2. The number of amides is 1. The highest BCUT2D eigenvalue weighted by Gasteiger charge is 2.47.